The number of sulfonamides is 1. The van der Waals surface area contributed by atoms with Crippen LogP contribution in [-0.2, 0) is 19.6 Å². The third-order valence-corrected chi connectivity index (χ3v) is 8.57. The van der Waals surface area contributed by atoms with Crippen LogP contribution in [-0.4, -0.2) is 48.7 Å². The minimum Gasteiger partial charge on any atom is -0.478 e. The van der Waals surface area contributed by atoms with Gasteiger partial charge in [-0.15, -0.1) is 11.3 Å². The van der Waals surface area contributed by atoms with E-state index < -0.39 is 22.0 Å². The smallest absolute Gasteiger partial charge is 0.265 e. The molecule has 2 aliphatic rings. The molecular weight excluding hydrogens is 452 g/mol. The van der Waals surface area contributed by atoms with Gasteiger partial charge in [-0.2, -0.15) is 4.31 Å². The Labute approximate surface area is 191 Å². The molecule has 2 aliphatic heterocycles. The molecule has 2 N–H and O–H groups in total. The average Bonchev–Trinajstić information content (AvgIpc) is 3.17. The highest BCUT2D eigenvalue weighted by Gasteiger charge is 2.36. The molecule has 2 aromatic rings. The molecular formula is C21H26N4O5S2. The molecule has 0 radical (unpaired) electrons. The topological polar surface area (TPSA) is 118 Å². The van der Waals surface area contributed by atoms with E-state index in [4.69, 9.17) is 4.74 Å². The number of hydrogen-bond donors (Lipinski definition) is 2. The van der Waals surface area contributed by atoms with Gasteiger partial charge in [0.1, 0.15) is 5.75 Å². The van der Waals surface area contributed by atoms with E-state index in [1.54, 1.807) is 13.0 Å². The molecule has 172 valence electrons. The number of fused-ring (bicyclic) bond motifs is 1. The van der Waals surface area contributed by atoms with Crippen molar-refractivity contribution in [3.63, 3.8) is 0 Å². The molecule has 0 unspecified atom stereocenters. The number of thiazole rings is 1. The van der Waals surface area contributed by atoms with E-state index in [9.17, 15) is 18.0 Å². The van der Waals surface area contributed by atoms with Gasteiger partial charge in [0.2, 0.25) is 15.9 Å². The van der Waals surface area contributed by atoms with E-state index in [1.165, 1.54) is 21.7 Å². The number of aryl methyl sites for hydroxylation is 2. The van der Waals surface area contributed by atoms with Gasteiger partial charge in [0.05, 0.1) is 22.2 Å². The van der Waals surface area contributed by atoms with Gasteiger partial charge < -0.3 is 15.4 Å². The summed E-state index contributed by atoms with van der Waals surface area (Å²) >= 11 is 1.34. The highest BCUT2D eigenvalue weighted by Crippen LogP contribution is 2.36. The number of nitrogens with zero attached hydrogens (tertiary/aromatic N) is 2. The molecule has 0 spiro atoms. The Morgan fingerprint density at radius 3 is 2.84 bits per heavy atom. The minimum absolute atomic E-state index is 0.101. The van der Waals surface area contributed by atoms with Gasteiger partial charge in [-0.05, 0) is 44.7 Å². The van der Waals surface area contributed by atoms with Gasteiger partial charge in [0.25, 0.3) is 5.91 Å². The molecule has 0 bridgehead atoms. The molecule has 0 saturated carbocycles. The predicted octanol–water partition coefficient (Wildman–Crippen LogP) is 2.91. The zero-order valence-electron chi connectivity index (χ0n) is 18.2. The molecule has 3 heterocycles. The monoisotopic (exact) mass is 478 g/mol. The lowest BCUT2D eigenvalue weighted by Gasteiger charge is -2.32. The van der Waals surface area contributed by atoms with Crippen molar-refractivity contribution < 1.29 is 22.7 Å². The lowest BCUT2D eigenvalue weighted by molar-refractivity contribution is -0.123. The number of anilines is 2. The lowest BCUT2D eigenvalue weighted by Crippen LogP contribution is -2.44. The number of hydrogen-bond acceptors (Lipinski definition) is 7. The van der Waals surface area contributed by atoms with Crippen LogP contribution in [0.25, 0.3) is 0 Å². The largest absolute Gasteiger partial charge is 0.478 e. The summed E-state index contributed by atoms with van der Waals surface area (Å²) in [7, 11) is -3.85. The van der Waals surface area contributed by atoms with Crippen LogP contribution in [0.15, 0.2) is 22.4 Å². The number of carbonyl (C=O) groups excluding carboxylic acids is 2. The van der Waals surface area contributed by atoms with E-state index in [0.29, 0.717) is 47.9 Å². The van der Waals surface area contributed by atoms with E-state index in [0.717, 1.165) is 5.69 Å². The van der Waals surface area contributed by atoms with Crippen molar-refractivity contribution in [2.45, 2.75) is 51.0 Å². The Morgan fingerprint density at radius 1 is 1.38 bits per heavy atom. The van der Waals surface area contributed by atoms with Gasteiger partial charge in [0, 0.05) is 24.5 Å². The molecule has 0 aliphatic carbocycles. The first-order valence-electron chi connectivity index (χ1n) is 10.5. The number of nitrogens with one attached hydrogen (secondary N) is 2. The first-order chi connectivity index (χ1) is 15.2. The number of rotatable bonds is 5. The van der Waals surface area contributed by atoms with Crippen molar-refractivity contribution >= 4 is 44.0 Å². The fourth-order valence-electron chi connectivity index (χ4n) is 3.96. The molecule has 4 rings (SSSR count). The van der Waals surface area contributed by atoms with Crippen LogP contribution in [0.4, 0.5) is 10.8 Å². The van der Waals surface area contributed by atoms with Crippen LogP contribution < -0.4 is 15.4 Å². The number of benzene rings is 1. The molecule has 9 nitrogen and oxygen atoms in total. The number of piperidine rings is 1. The summed E-state index contributed by atoms with van der Waals surface area (Å²) in [5.41, 5.74) is 1.79. The summed E-state index contributed by atoms with van der Waals surface area (Å²) in [5.74, 6) is -0.583. The maximum atomic E-state index is 13.5. The summed E-state index contributed by atoms with van der Waals surface area (Å²) in [4.78, 5) is 29.1. The van der Waals surface area contributed by atoms with Crippen molar-refractivity contribution in [3.05, 3.63) is 28.8 Å². The molecule has 11 heteroatoms. The van der Waals surface area contributed by atoms with Crippen LogP contribution in [0.3, 0.4) is 0 Å². The second-order valence-electron chi connectivity index (χ2n) is 8.10. The third kappa shape index (κ3) is 4.37. The lowest BCUT2D eigenvalue weighted by atomic mass is 9.99. The zero-order valence-corrected chi connectivity index (χ0v) is 19.8. The SMILES string of the molecule is CC[C@@H]1Oc2cc(S(=O)(=O)N3CCC[C@@H](C(=O)Nc4nc(C)cs4)C3)c(C)cc2NC1=O. The third-order valence-electron chi connectivity index (χ3n) is 5.69. The minimum atomic E-state index is -3.85. The van der Waals surface area contributed by atoms with Crippen molar-refractivity contribution in [3.8, 4) is 5.75 Å². The summed E-state index contributed by atoms with van der Waals surface area (Å²) in [5, 5.41) is 7.94. The van der Waals surface area contributed by atoms with Gasteiger partial charge in [-0.1, -0.05) is 6.92 Å². The number of ether oxygens (including phenoxy) is 1. The summed E-state index contributed by atoms with van der Waals surface area (Å²) in [6.45, 7) is 5.80. The molecule has 1 aromatic carbocycles. The van der Waals surface area contributed by atoms with Crippen LogP contribution >= 0.6 is 11.3 Å². The molecule has 1 fully saturated rings. The van der Waals surface area contributed by atoms with Crippen LogP contribution in [0.2, 0.25) is 0 Å². The normalized spacial score (nSPS) is 21.4. The fraction of sp³-hybridized carbons (Fsp3) is 0.476. The second kappa shape index (κ2) is 8.80. The molecule has 1 saturated heterocycles. The summed E-state index contributed by atoms with van der Waals surface area (Å²) in [6.07, 6.45) is 1.02. The van der Waals surface area contributed by atoms with Crippen molar-refractivity contribution in [2.75, 3.05) is 23.7 Å². The number of amides is 2. The van der Waals surface area contributed by atoms with Gasteiger partial charge in [-0.25, -0.2) is 13.4 Å². The fourth-order valence-corrected chi connectivity index (χ4v) is 6.40. The zero-order chi connectivity index (χ0) is 23.0. The highest BCUT2D eigenvalue weighted by molar-refractivity contribution is 7.89. The maximum Gasteiger partial charge on any atom is 0.265 e. The molecule has 32 heavy (non-hydrogen) atoms. The van der Waals surface area contributed by atoms with Crippen LogP contribution in [0, 0.1) is 19.8 Å². The number of aromatic nitrogens is 1. The Bertz CT molecular complexity index is 1160. The van der Waals surface area contributed by atoms with E-state index in [-0.39, 0.29) is 23.3 Å². The van der Waals surface area contributed by atoms with Gasteiger partial charge >= 0.3 is 0 Å². The first kappa shape index (κ1) is 22.7. The van der Waals surface area contributed by atoms with E-state index in [1.807, 2.05) is 19.2 Å². The van der Waals surface area contributed by atoms with Crippen molar-refractivity contribution in [2.24, 2.45) is 5.92 Å². The highest BCUT2D eigenvalue weighted by atomic mass is 32.2. The summed E-state index contributed by atoms with van der Waals surface area (Å²) < 4.78 is 34.1. The Balaban J connectivity index is 1.55. The quantitative estimate of drug-likeness (QED) is 0.682. The molecule has 1 aromatic heterocycles. The van der Waals surface area contributed by atoms with E-state index in [2.05, 4.69) is 15.6 Å². The Kier molecular flexibility index (Phi) is 6.24. The molecule has 2 amide bonds. The second-order valence-corrected chi connectivity index (χ2v) is 10.9. The Hall–Kier alpha value is -2.50. The van der Waals surface area contributed by atoms with Gasteiger partial charge in [-0.3, -0.25) is 9.59 Å². The predicted molar refractivity (Wildman–Crippen MR) is 121 cm³/mol. The number of carbonyl (C=O) groups is 2. The summed E-state index contributed by atoms with van der Waals surface area (Å²) in [6, 6.07) is 3.09. The standard InChI is InChI=1S/C21H26N4O5S2/c1-4-16-20(27)23-15-8-12(2)18(9-17(15)30-16)32(28,29)25-7-5-6-14(10-25)19(26)24-21-22-13(3)11-31-21/h8-9,11,14,16H,4-7,10H2,1-3H3,(H,23,27)(H,22,24,26)/t14-,16+/m1/s1. The van der Waals surface area contributed by atoms with Crippen LogP contribution in [0.5, 0.6) is 5.75 Å². The van der Waals surface area contributed by atoms with Gasteiger partial charge in [0.15, 0.2) is 11.2 Å². The average molecular weight is 479 g/mol. The Morgan fingerprint density at radius 2 is 2.16 bits per heavy atom. The molecule has 2 atom stereocenters. The first-order valence-corrected chi connectivity index (χ1v) is 12.9. The van der Waals surface area contributed by atoms with E-state index >= 15 is 0 Å². The van der Waals surface area contributed by atoms with Crippen molar-refractivity contribution in [1.82, 2.24) is 9.29 Å². The van der Waals surface area contributed by atoms with Crippen LogP contribution in [0.1, 0.15) is 37.4 Å². The maximum absolute atomic E-state index is 13.5. The van der Waals surface area contributed by atoms with Crippen molar-refractivity contribution in [1.29, 1.82) is 0 Å².